The van der Waals surface area contributed by atoms with Gasteiger partial charge < -0.3 is 128 Å². The first-order chi connectivity index (χ1) is 47.7. The van der Waals surface area contributed by atoms with E-state index in [0.29, 0.717) is 0 Å². The van der Waals surface area contributed by atoms with Crippen LogP contribution in [0, 0.1) is 5.92 Å². The molecule has 0 saturated carbocycles. The van der Waals surface area contributed by atoms with Crippen LogP contribution in [0.2, 0.25) is 10.0 Å². The number of aliphatic hydroxyl groups is 6. The monoisotopic (exact) mass is 1450 g/mol. The first-order valence-electron chi connectivity index (χ1n) is 31.6. The number of phenols is 3. The lowest BCUT2D eigenvalue weighted by molar-refractivity contribution is -0.333. The molecule has 101 heavy (non-hydrogen) atoms. The number of aliphatic carboxylic acids is 1. The van der Waals surface area contributed by atoms with Crippen LogP contribution in [0.3, 0.4) is 0 Å². The highest BCUT2D eigenvalue weighted by atomic mass is 35.5. The Morgan fingerprint density at radius 2 is 1.32 bits per heavy atom. The Kier molecular flexibility index (Phi) is 22.2. The molecule has 2 saturated heterocycles. The summed E-state index contributed by atoms with van der Waals surface area (Å²) in [5.41, 5.74) is 8.00. The number of hydrogen-bond donors (Lipinski definition) is 19. The predicted molar refractivity (Wildman–Crippen MR) is 349 cm³/mol. The van der Waals surface area contributed by atoms with E-state index >= 15 is 14.4 Å². The van der Waals surface area contributed by atoms with Crippen LogP contribution < -0.4 is 62.9 Å². The van der Waals surface area contributed by atoms with Gasteiger partial charge in [0.1, 0.15) is 89.5 Å². The summed E-state index contributed by atoms with van der Waals surface area (Å²) in [6.07, 6.45) is -18.6. The minimum atomic E-state index is -2.35. The molecule has 0 radical (unpaired) electrons. The molecule has 542 valence electrons. The Hall–Kier alpha value is -9.20. The quantitative estimate of drug-likeness (QED) is 0.0743. The van der Waals surface area contributed by atoms with Gasteiger partial charge in [0.15, 0.2) is 29.9 Å². The normalized spacial score (nSPS) is 29.4. The van der Waals surface area contributed by atoms with Crippen LogP contribution in [0.5, 0.6) is 46.0 Å². The van der Waals surface area contributed by atoms with Gasteiger partial charge in [0.05, 0.1) is 41.3 Å². The van der Waals surface area contributed by atoms with Gasteiger partial charge in [-0.3, -0.25) is 33.6 Å². The zero-order valence-electron chi connectivity index (χ0n) is 54.3. The summed E-state index contributed by atoms with van der Waals surface area (Å²) in [7, 11) is 1.47. The van der Waals surface area contributed by atoms with E-state index in [1.807, 2.05) is 13.8 Å². The second kappa shape index (κ2) is 30.2. The Bertz CT molecular complexity index is 4070. The summed E-state index contributed by atoms with van der Waals surface area (Å²) in [6, 6.07) is -0.679. The molecule has 1 unspecified atom stereocenters. The summed E-state index contributed by atoms with van der Waals surface area (Å²) in [5.74, 6) is -16.0. The molecule has 18 atom stereocenters. The Morgan fingerprint density at radius 1 is 0.713 bits per heavy atom. The van der Waals surface area contributed by atoms with Crippen LogP contribution >= 0.6 is 23.2 Å². The molecule has 5 aromatic carbocycles. The number of carboxylic acids is 1. The molecule has 12 rings (SSSR count). The van der Waals surface area contributed by atoms with Gasteiger partial charge in [0.25, 0.3) is 0 Å². The highest BCUT2D eigenvalue weighted by Gasteiger charge is 2.51. The highest BCUT2D eigenvalue weighted by Crippen LogP contribution is 2.50. The number of rotatable bonds is 13. The molecule has 7 amide bonds. The van der Waals surface area contributed by atoms with Crippen LogP contribution in [0.25, 0.3) is 11.1 Å². The third-order valence-electron chi connectivity index (χ3n) is 17.8. The van der Waals surface area contributed by atoms with Gasteiger partial charge in [-0.2, -0.15) is 0 Å². The number of nitrogens with two attached hydrogens (primary N) is 2. The molecule has 7 heterocycles. The molecular formula is C66H75Cl2N9O24. The second-order valence-electron chi connectivity index (χ2n) is 25.7. The van der Waals surface area contributed by atoms with Crippen molar-refractivity contribution in [2.24, 2.45) is 17.4 Å². The summed E-state index contributed by atoms with van der Waals surface area (Å²) in [6.45, 7) is 5.66. The Morgan fingerprint density at radius 3 is 1.90 bits per heavy atom. The summed E-state index contributed by atoms with van der Waals surface area (Å²) in [4.78, 5) is 117. The molecule has 33 nitrogen and oxygen atoms in total. The van der Waals surface area contributed by atoms with E-state index in [2.05, 4.69) is 37.2 Å². The summed E-state index contributed by atoms with van der Waals surface area (Å²) in [5, 5.41) is 131. The van der Waals surface area contributed by atoms with Crippen molar-refractivity contribution in [3.05, 3.63) is 117 Å². The standard InChI is InChI=1S/C66H75Cl2N9O24/c1-23(2)12-34(71-5)58(88)76-49-51(83)26-7-10-38(32(67)14-26)97-40-16-28-17-41(55(40)101-65-56(54(86)53(85)42(22-78)99-65)100-44-21-66(4,70)57(87)24(3)96-44)98-39-11-8-27(15-33(39)68)52(84)50-63(93)75-48(64(94)95)31-18-29(79)19-37(81)45(31)30-13-25(6-9-36(30)80)46(60(90)77-50)74-61(91)47(28)73-59(89)35(20-43(69)82)72-62(49)92/h6-11,13-19,23-24,34-35,42,44,46-54,56-57,65,71,78-81,83-87H,12,20-22,70H2,1-5H3,(H2,69,82)(H,72,92)(H,73,89)(H,74,91)(H,75,93)(H,76,88)(H,77,90)(H,94,95)/t24-,34+,35-,42?,44-,46+,47+,48-,49+,50-,51+,52+,53+,54-,56+,57+,65-,66-/m0/s1. The molecule has 5 aromatic rings. The number of phenolic OH excluding ortho intramolecular Hbond substituents is 3. The molecule has 0 aliphatic carbocycles. The minimum absolute atomic E-state index is 0.0975. The number of primary amides is 1. The van der Waals surface area contributed by atoms with Crippen LogP contribution in [-0.2, 0) is 52.6 Å². The molecule has 0 spiro atoms. The van der Waals surface area contributed by atoms with Gasteiger partial charge >= 0.3 is 5.97 Å². The van der Waals surface area contributed by atoms with E-state index in [9.17, 15) is 75.0 Å². The van der Waals surface area contributed by atoms with Gasteiger partial charge in [0, 0.05) is 34.7 Å². The largest absolute Gasteiger partial charge is 0.508 e. The first-order valence-corrected chi connectivity index (χ1v) is 32.4. The number of aliphatic hydroxyl groups excluding tert-OH is 6. The van der Waals surface area contributed by atoms with Gasteiger partial charge in [0.2, 0.25) is 53.4 Å². The van der Waals surface area contributed by atoms with E-state index in [1.165, 1.54) is 33.0 Å². The lowest BCUT2D eigenvalue weighted by atomic mass is 9.86. The average molecular weight is 1450 g/mol. The third kappa shape index (κ3) is 15.8. The summed E-state index contributed by atoms with van der Waals surface area (Å²) >= 11 is 14.1. The predicted octanol–water partition coefficient (Wildman–Crippen LogP) is 0.106. The molecule has 7 aliphatic heterocycles. The smallest absolute Gasteiger partial charge is 0.330 e. The van der Waals surface area contributed by atoms with Crippen molar-refractivity contribution >= 4 is 70.5 Å². The second-order valence-corrected chi connectivity index (χ2v) is 26.5. The fraction of sp³-hybridized carbons (Fsp3) is 0.424. The van der Waals surface area contributed by atoms with Gasteiger partial charge in [-0.05, 0) is 110 Å². The minimum Gasteiger partial charge on any atom is -0.508 e. The lowest BCUT2D eigenvalue weighted by Crippen LogP contribution is -2.64. The summed E-state index contributed by atoms with van der Waals surface area (Å²) < 4.78 is 38.3. The van der Waals surface area contributed by atoms with Crippen LogP contribution in [-0.4, -0.2) is 191 Å². The molecule has 21 N–H and O–H groups in total. The third-order valence-corrected chi connectivity index (χ3v) is 18.4. The number of likely N-dealkylation sites (N-methyl/N-ethyl adjacent to an activating group) is 1. The van der Waals surface area contributed by atoms with Gasteiger partial charge in [-0.1, -0.05) is 55.2 Å². The number of nitrogens with one attached hydrogen (secondary N) is 7. The SMILES string of the molecule is CN[C@H](CC(C)C)C(=O)N[C@H]1C(=O)N[C@@H](CC(N)=O)C(=O)N[C@H]2C(=O)N[C@H]3C(=O)N[C@H](C(=O)N[C@H](C(=O)O)c4cc(O)cc(O)c4-c4cc3ccc4O)[C@H](O)c3ccc(c(Cl)c3)Oc3cc2cc(c3O[C@@H]2OC(CO)[C@@H](O)[C@H](O)[C@H]2O[C@H]2C[C@](C)(N)[C@H](O)[C@H](C)O2)Oc2ccc(cc2Cl)[C@H]1O. The molecule has 7 aliphatic rings. The molecule has 11 bridgehead atoms. The Labute approximate surface area is 584 Å². The lowest BCUT2D eigenvalue weighted by Gasteiger charge is -2.47. The first kappa shape index (κ1) is 74.5. The van der Waals surface area contributed by atoms with Crippen LogP contribution in [0.4, 0.5) is 0 Å². The number of carbonyl (C=O) groups is 8. The maximum Gasteiger partial charge on any atom is 0.330 e. The molecule has 0 aromatic heterocycles. The topological polar surface area (TPSA) is 530 Å². The number of hydrogen-bond acceptors (Lipinski definition) is 25. The number of amides is 7. The van der Waals surface area contributed by atoms with E-state index in [-0.39, 0.29) is 46.2 Å². The van der Waals surface area contributed by atoms with Gasteiger partial charge in [-0.15, -0.1) is 0 Å². The number of fused-ring (bicyclic) bond motifs is 15. The molecular weight excluding hydrogens is 1370 g/mol. The van der Waals surface area contributed by atoms with Crippen molar-refractivity contribution in [1.29, 1.82) is 0 Å². The molecule has 2 fully saturated rings. The number of ether oxygens (including phenoxy) is 6. The van der Waals surface area contributed by atoms with Crippen LogP contribution in [0.15, 0.2) is 78.9 Å². The van der Waals surface area contributed by atoms with Crippen molar-refractivity contribution in [3.8, 4) is 57.1 Å². The number of carbonyl (C=O) groups excluding carboxylic acids is 7. The van der Waals surface area contributed by atoms with E-state index < -0.39 is 237 Å². The zero-order chi connectivity index (χ0) is 73.5. The van der Waals surface area contributed by atoms with Crippen molar-refractivity contribution in [2.75, 3.05) is 13.7 Å². The van der Waals surface area contributed by atoms with Crippen molar-refractivity contribution in [2.45, 2.75) is 156 Å². The zero-order valence-corrected chi connectivity index (χ0v) is 55.8. The maximum absolute atomic E-state index is 16.0. The van der Waals surface area contributed by atoms with Crippen molar-refractivity contribution in [3.63, 3.8) is 0 Å². The highest BCUT2D eigenvalue weighted by molar-refractivity contribution is 6.32. The van der Waals surface area contributed by atoms with Gasteiger partial charge in [-0.25, -0.2) is 4.79 Å². The average Bonchev–Trinajstić information content (AvgIpc) is 0.775. The fourth-order valence-electron chi connectivity index (χ4n) is 12.5. The Balaban J connectivity index is 1.24. The number of benzene rings is 5. The number of halogens is 2. The number of aromatic hydroxyl groups is 3. The number of carboxylic acid groups (broad SMARTS) is 1. The van der Waals surface area contributed by atoms with Crippen LogP contribution in [0.1, 0.15) is 105 Å². The van der Waals surface area contributed by atoms with E-state index in [0.717, 1.165) is 66.7 Å². The van der Waals surface area contributed by atoms with E-state index in [1.54, 1.807) is 0 Å². The van der Waals surface area contributed by atoms with Crippen molar-refractivity contribution < 1.29 is 118 Å². The van der Waals surface area contributed by atoms with Crippen molar-refractivity contribution in [1.82, 2.24) is 37.2 Å². The molecule has 35 heteroatoms. The maximum atomic E-state index is 16.0. The fourth-order valence-corrected chi connectivity index (χ4v) is 12.9. The van der Waals surface area contributed by atoms with E-state index in [4.69, 9.17) is 63.1 Å².